The van der Waals surface area contributed by atoms with Crippen LogP contribution in [-0.4, -0.2) is 140 Å². The van der Waals surface area contributed by atoms with E-state index in [0.29, 0.717) is 12.8 Å². The van der Waals surface area contributed by atoms with E-state index in [4.69, 9.17) is 18.9 Å². The molecule has 0 aromatic rings. The third-order valence-electron chi connectivity index (χ3n) is 17.1. The molecule has 0 saturated carbocycles. The van der Waals surface area contributed by atoms with Crippen LogP contribution in [0.15, 0.2) is 122 Å². The molecule has 14 nitrogen and oxygen atoms in total. The molecule has 0 aliphatic carbocycles. The number of rotatable bonds is 59. The summed E-state index contributed by atoms with van der Waals surface area (Å²) in [6.45, 7) is 2.67. The van der Waals surface area contributed by atoms with Crippen molar-refractivity contribution in [2.24, 2.45) is 0 Å². The van der Waals surface area contributed by atoms with E-state index in [1.54, 1.807) is 6.08 Å². The highest BCUT2D eigenvalue weighted by Gasteiger charge is 2.51. The van der Waals surface area contributed by atoms with Crippen LogP contribution in [0, 0.1) is 0 Å². The van der Waals surface area contributed by atoms with Crippen LogP contribution in [0.2, 0.25) is 0 Å². The normalized spacial score (nSPS) is 23.4. The van der Waals surface area contributed by atoms with Gasteiger partial charge in [-0.15, -0.1) is 0 Å². The van der Waals surface area contributed by atoms with Crippen molar-refractivity contribution in [3.05, 3.63) is 122 Å². The summed E-state index contributed by atoms with van der Waals surface area (Å²) in [6.07, 6.45) is 72.6. The molecule has 2 rings (SSSR count). The van der Waals surface area contributed by atoms with Gasteiger partial charge < -0.3 is 65.1 Å². The zero-order valence-corrected chi connectivity index (χ0v) is 57.5. The van der Waals surface area contributed by atoms with E-state index in [9.17, 15) is 45.6 Å². The lowest BCUT2D eigenvalue weighted by Gasteiger charge is -2.46. The Bertz CT molecular complexity index is 2010. The Morgan fingerprint density at radius 2 is 0.761 bits per heavy atom. The number of hydrogen-bond acceptors (Lipinski definition) is 13. The van der Waals surface area contributed by atoms with E-state index in [0.717, 1.165) is 89.9 Å². The molecule has 2 saturated heterocycles. The summed E-state index contributed by atoms with van der Waals surface area (Å²) >= 11 is 0. The molecule has 2 aliphatic heterocycles. The second kappa shape index (κ2) is 61.0. The number of amides is 1. The minimum Gasteiger partial charge on any atom is -0.394 e. The fraction of sp³-hybridized carbons (Fsp3) is 0.731. The second-order valence-electron chi connectivity index (χ2n) is 25.3. The Morgan fingerprint density at radius 3 is 1.20 bits per heavy atom. The van der Waals surface area contributed by atoms with Crippen molar-refractivity contribution < 1.29 is 64.6 Å². The Labute approximate surface area is 558 Å². The molecule has 2 fully saturated rings. The molecular weight excluding hydrogens is 1160 g/mol. The SMILES string of the molecule is CC/C=C\C/C=C\C/C=C\C/C=C\C/C=C\C/C=C\C/C=C\C/C=C\CCCCCCC(=O)NC(COC1OC(CO)C(OC2OC(CO)C(O)C(O)C2O)C(O)C1O)C(O)/C=C/CC/C=C/CCCCCCCCCCCCCCCCCCCCCCCCC. The highest BCUT2D eigenvalue weighted by Crippen LogP contribution is 2.30. The molecule has 0 aromatic heterocycles. The molecule has 0 radical (unpaired) electrons. The van der Waals surface area contributed by atoms with Crippen molar-refractivity contribution in [3.63, 3.8) is 0 Å². The maximum absolute atomic E-state index is 13.3. The van der Waals surface area contributed by atoms with E-state index in [1.807, 2.05) is 6.08 Å². The quantitative estimate of drug-likeness (QED) is 0.0204. The van der Waals surface area contributed by atoms with Gasteiger partial charge in [0, 0.05) is 6.42 Å². The van der Waals surface area contributed by atoms with Crippen LogP contribution in [0.4, 0.5) is 0 Å². The Morgan fingerprint density at radius 1 is 0.402 bits per heavy atom. The monoisotopic (exact) mass is 1290 g/mol. The molecule has 9 N–H and O–H groups in total. The molecule has 12 atom stereocenters. The highest BCUT2D eigenvalue weighted by atomic mass is 16.7. The van der Waals surface area contributed by atoms with Gasteiger partial charge in [-0.2, -0.15) is 0 Å². The summed E-state index contributed by atoms with van der Waals surface area (Å²) in [4.78, 5) is 13.3. The van der Waals surface area contributed by atoms with Gasteiger partial charge in [0.2, 0.25) is 5.91 Å². The number of nitrogens with one attached hydrogen (secondary N) is 1. The first-order valence-electron chi connectivity index (χ1n) is 36.8. The Balaban J connectivity index is 1.71. The molecule has 528 valence electrons. The standard InChI is InChI=1S/C78H133NO13/c1-3-5-7-9-11-13-15-17-19-21-23-25-27-29-31-33-35-37-39-41-43-45-47-49-51-53-55-57-59-61-67(82)66(65-89-77-75(88)73(86)76(69(64-81)91-77)92-78-74(87)72(85)71(84)68(63-80)90-78)79-70(83)62-60-58-56-54-52-50-48-46-44-42-40-38-36-34-32-30-28-26-24-22-20-18-16-14-12-10-8-6-4-2/h6,8,12,14,18,20,24,26,30,32,36,38,42,44,48,50-51,53,59,61,66-69,71-78,80-82,84-88H,3-5,7,9-11,13,15-17,19,21-23,25,27-29,31,33-35,37,39-41,43,45-47,49,52,54-58,60,62-65H2,1-2H3,(H,79,83)/b8-6-,14-12-,20-18-,26-24-,32-30-,38-36-,44-42-,50-48-,53-51+,61-59+. The smallest absolute Gasteiger partial charge is 0.220 e. The third-order valence-corrected chi connectivity index (χ3v) is 17.1. The van der Waals surface area contributed by atoms with Crippen LogP contribution < -0.4 is 5.32 Å². The predicted octanol–water partition coefficient (Wildman–Crippen LogP) is 15.7. The zero-order valence-electron chi connectivity index (χ0n) is 57.5. The number of carbonyl (C=O) groups excluding carboxylic acids is 1. The number of allylic oxidation sites excluding steroid dienone is 19. The van der Waals surface area contributed by atoms with Gasteiger partial charge in [0.05, 0.1) is 32.0 Å². The van der Waals surface area contributed by atoms with Crippen molar-refractivity contribution in [1.82, 2.24) is 5.32 Å². The van der Waals surface area contributed by atoms with E-state index < -0.39 is 86.8 Å². The molecule has 14 heteroatoms. The molecule has 0 spiro atoms. The molecule has 1 amide bonds. The number of aliphatic hydroxyl groups excluding tert-OH is 8. The summed E-state index contributed by atoms with van der Waals surface area (Å²) in [7, 11) is 0. The van der Waals surface area contributed by atoms with Crippen LogP contribution in [-0.2, 0) is 23.7 Å². The third kappa shape index (κ3) is 44.2. The Hall–Kier alpha value is -3.61. The number of aliphatic hydroxyl groups is 8. The van der Waals surface area contributed by atoms with Crippen LogP contribution >= 0.6 is 0 Å². The average molecular weight is 1290 g/mol. The van der Waals surface area contributed by atoms with Crippen molar-refractivity contribution in [2.45, 2.75) is 344 Å². The maximum Gasteiger partial charge on any atom is 0.220 e. The van der Waals surface area contributed by atoms with E-state index >= 15 is 0 Å². The lowest BCUT2D eigenvalue weighted by molar-refractivity contribution is -0.359. The van der Waals surface area contributed by atoms with E-state index in [1.165, 1.54) is 148 Å². The lowest BCUT2D eigenvalue weighted by Crippen LogP contribution is -2.65. The molecular formula is C78H133NO13. The summed E-state index contributed by atoms with van der Waals surface area (Å²) in [5.41, 5.74) is 0. The Kier molecular flexibility index (Phi) is 56.0. The molecule has 12 unspecified atom stereocenters. The van der Waals surface area contributed by atoms with Crippen molar-refractivity contribution in [1.29, 1.82) is 0 Å². The van der Waals surface area contributed by atoms with Gasteiger partial charge in [-0.1, -0.05) is 289 Å². The van der Waals surface area contributed by atoms with E-state index in [-0.39, 0.29) is 18.9 Å². The fourth-order valence-corrected chi connectivity index (χ4v) is 11.3. The van der Waals surface area contributed by atoms with Crippen LogP contribution in [0.25, 0.3) is 0 Å². The molecule has 2 heterocycles. The lowest BCUT2D eigenvalue weighted by atomic mass is 9.97. The van der Waals surface area contributed by atoms with Crippen molar-refractivity contribution >= 4 is 5.91 Å². The van der Waals surface area contributed by atoms with E-state index in [2.05, 4.69) is 129 Å². The van der Waals surface area contributed by atoms with Gasteiger partial charge in [-0.3, -0.25) is 4.79 Å². The molecule has 0 bridgehead atoms. The number of hydrogen-bond donors (Lipinski definition) is 9. The second-order valence-corrected chi connectivity index (χ2v) is 25.3. The van der Waals surface area contributed by atoms with Gasteiger partial charge in [0.25, 0.3) is 0 Å². The van der Waals surface area contributed by atoms with Crippen LogP contribution in [0.5, 0.6) is 0 Å². The van der Waals surface area contributed by atoms with Crippen LogP contribution in [0.3, 0.4) is 0 Å². The highest BCUT2D eigenvalue weighted by molar-refractivity contribution is 5.76. The molecule has 2 aliphatic rings. The molecule has 0 aromatic carbocycles. The number of carbonyl (C=O) groups is 1. The number of unbranched alkanes of at least 4 members (excludes halogenated alkanes) is 28. The topological polar surface area (TPSA) is 228 Å². The first kappa shape index (κ1) is 84.5. The zero-order chi connectivity index (χ0) is 66.6. The summed E-state index contributed by atoms with van der Waals surface area (Å²) in [5.74, 6) is -0.276. The van der Waals surface area contributed by atoms with Crippen LogP contribution in [0.1, 0.15) is 271 Å². The number of ether oxygens (including phenoxy) is 4. The van der Waals surface area contributed by atoms with Gasteiger partial charge in [-0.05, 0) is 96.3 Å². The summed E-state index contributed by atoms with van der Waals surface area (Å²) in [5, 5.41) is 87.5. The largest absolute Gasteiger partial charge is 0.394 e. The van der Waals surface area contributed by atoms with Gasteiger partial charge >= 0.3 is 0 Å². The summed E-state index contributed by atoms with van der Waals surface area (Å²) in [6, 6.07) is -0.957. The molecule has 92 heavy (non-hydrogen) atoms. The van der Waals surface area contributed by atoms with Crippen molar-refractivity contribution in [3.8, 4) is 0 Å². The fourth-order valence-electron chi connectivity index (χ4n) is 11.3. The minimum absolute atomic E-state index is 0.236. The first-order chi connectivity index (χ1) is 45.1. The first-order valence-corrected chi connectivity index (χ1v) is 36.8. The van der Waals surface area contributed by atoms with Crippen molar-refractivity contribution in [2.75, 3.05) is 19.8 Å². The summed E-state index contributed by atoms with van der Waals surface area (Å²) < 4.78 is 22.8. The average Bonchev–Trinajstić information content (AvgIpc) is 0.836. The van der Waals surface area contributed by atoms with Gasteiger partial charge in [0.1, 0.15) is 48.8 Å². The maximum atomic E-state index is 13.3. The minimum atomic E-state index is -1.80. The van der Waals surface area contributed by atoms with Gasteiger partial charge in [0.15, 0.2) is 12.6 Å². The van der Waals surface area contributed by atoms with Gasteiger partial charge in [-0.25, -0.2) is 0 Å². The predicted molar refractivity (Wildman–Crippen MR) is 378 cm³/mol.